The van der Waals surface area contributed by atoms with Crippen molar-refractivity contribution in [3.63, 3.8) is 0 Å². The van der Waals surface area contributed by atoms with Crippen LogP contribution in [0, 0.1) is 0 Å². The summed E-state index contributed by atoms with van der Waals surface area (Å²) in [5.41, 5.74) is 0.940. The molecule has 0 atom stereocenters. The maximum atomic E-state index is 11.7. The largest absolute Gasteiger partial charge is 0.349 e. The monoisotopic (exact) mass is 192 g/mol. The standard InChI is InChI=1S/C11H16N2O/c14-11(9-5-7-12-8-6-9)13-10-3-1-2-4-10/h1-2,5,10,12H,3-4,6-8H2,(H,13,14). The first-order valence-electron chi connectivity index (χ1n) is 5.22. The highest BCUT2D eigenvalue weighted by molar-refractivity contribution is 5.93. The second-order valence-corrected chi connectivity index (χ2v) is 3.80. The van der Waals surface area contributed by atoms with Crippen molar-refractivity contribution in [3.05, 3.63) is 23.8 Å². The van der Waals surface area contributed by atoms with Crippen molar-refractivity contribution in [3.8, 4) is 0 Å². The molecule has 3 heteroatoms. The van der Waals surface area contributed by atoms with Gasteiger partial charge in [0.05, 0.1) is 0 Å². The SMILES string of the molecule is O=C(NC1CC=CC1)C1=CCNCC1. The highest BCUT2D eigenvalue weighted by Gasteiger charge is 2.16. The van der Waals surface area contributed by atoms with E-state index in [-0.39, 0.29) is 5.91 Å². The summed E-state index contributed by atoms with van der Waals surface area (Å²) in [6.07, 6.45) is 9.06. The molecule has 0 aromatic heterocycles. The highest BCUT2D eigenvalue weighted by atomic mass is 16.1. The van der Waals surface area contributed by atoms with Gasteiger partial charge in [0, 0.05) is 18.2 Å². The van der Waals surface area contributed by atoms with Gasteiger partial charge < -0.3 is 10.6 Å². The minimum absolute atomic E-state index is 0.125. The Balaban J connectivity index is 1.85. The van der Waals surface area contributed by atoms with Crippen LogP contribution in [0.1, 0.15) is 19.3 Å². The van der Waals surface area contributed by atoms with E-state index in [4.69, 9.17) is 0 Å². The number of hydrogen-bond donors (Lipinski definition) is 2. The fourth-order valence-corrected chi connectivity index (χ4v) is 1.84. The van der Waals surface area contributed by atoms with E-state index in [1.54, 1.807) is 0 Å². The fraction of sp³-hybridized carbons (Fsp3) is 0.545. The van der Waals surface area contributed by atoms with Crippen LogP contribution in [0.3, 0.4) is 0 Å². The van der Waals surface area contributed by atoms with E-state index in [1.807, 2.05) is 6.08 Å². The Bertz CT molecular complexity index is 273. The van der Waals surface area contributed by atoms with Crippen LogP contribution in [0.25, 0.3) is 0 Å². The van der Waals surface area contributed by atoms with Crippen molar-refractivity contribution in [1.29, 1.82) is 0 Å². The predicted octanol–water partition coefficient (Wildman–Crippen LogP) is 0.741. The number of nitrogens with one attached hydrogen (secondary N) is 2. The molecule has 0 radical (unpaired) electrons. The van der Waals surface area contributed by atoms with Crippen LogP contribution in [0.5, 0.6) is 0 Å². The van der Waals surface area contributed by atoms with E-state index in [2.05, 4.69) is 22.8 Å². The molecule has 0 spiro atoms. The number of hydrogen-bond acceptors (Lipinski definition) is 2. The van der Waals surface area contributed by atoms with Gasteiger partial charge in [-0.2, -0.15) is 0 Å². The molecule has 0 unspecified atom stereocenters. The normalized spacial score (nSPS) is 22.1. The first kappa shape index (κ1) is 9.46. The van der Waals surface area contributed by atoms with Gasteiger partial charge in [-0.25, -0.2) is 0 Å². The maximum absolute atomic E-state index is 11.7. The summed E-state index contributed by atoms with van der Waals surface area (Å²) >= 11 is 0. The van der Waals surface area contributed by atoms with E-state index >= 15 is 0 Å². The summed E-state index contributed by atoms with van der Waals surface area (Å²) < 4.78 is 0. The second kappa shape index (κ2) is 4.42. The van der Waals surface area contributed by atoms with Gasteiger partial charge in [-0.1, -0.05) is 18.2 Å². The third-order valence-electron chi connectivity index (χ3n) is 2.70. The first-order chi connectivity index (χ1) is 6.86. The van der Waals surface area contributed by atoms with Crippen molar-refractivity contribution >= 4 is 5.91 Å². The lowest BCUT2D eigenvalue weighted by Gasteiger charge is -2.17. The molecule has 0 fully saturated rings. The average molecular weight is 192 g/mol. The second-order valence-electron chi connectivity index (χ2n) is 3.80. The lowest BCUT2D eigenvalue weighted by molar-refractivity contribution is -0.118. The summed E-state index contributed by atoms with van der Waals surface area (Å²) in [4.78, 5) is 11.7. The first-order valence-corrected chi connectivity index (χ1v) is 5.22. The van der Waals surface area contributed by atoms with Crippen LogP contribution in [-0.4, -0.2) is 25.0 Å². The fourth-order valence-electron chi connectivity index (χ4n) is 1.84. The molecule has 0 bridgehead atoms. The molecule has 14 heavy (non-hydrogen) atoms. The number of rotatable bonds is 2. The molecule has 0 aromatic rings. The molecule has 0 saturated heterocycles. The van der Waals surface area contributed by atoms with Crippen LogP contribution in [0.4, 0.5) is 0 Å². The molecule has 2 N–H and O–H groups in total. The van der Waals surface area contributed by atoms with E-state index < -0.39 is 0 Å². The van der Waals surface area contributed by atoms with Gasteiger partial charge in [0.1, 0.15) is 0 Å². The molecule has 1 heterocycles. The summed E-state index contributed by atoms with van der Waals surface area (Å²) in [6.45, 7) is 1.74. The lowest BCUT2D eigenvalue weighted by atomic mass is 10.1. The van der Waals surface area contributed by atoms with E-state index in [9.17, 15) is 4.79 Å². The molecule has 1 aliphatic carbocycles. The third kappa shape index (κ3) is 2.23. The molecule has 3 nitrogen and oxygen atoms in total. The molecule has 0 aromatic carbocycles. The van der Waals surface area contributed by atoms with Gasteiger partial charge in [-0.15, -0.1) is 0 Å². The quantitative estimate of drug-likeness (QED) is 0.634. The number of carbonyl (C=O) groups is 1. The minimum atomic E-state index is 0.125. The molecule has 2 aliphatic rings. The Hall–Kier alpha value is -1.09. The van der Waals surface area contributed by atoms with Crippen molar-refractivity contribution < 1.29 is 4.79 Å². The third-order valence-corrected chi connectivity index (χ3v) is 2.70. The zero-order chi connectivity index (χ0) is 9.80. The van der Waals surface area contributed by atoms with Gasteiger partial charge in [0.25, 0.3) is 0 Å². The van der Waals surface area contributed by atoms with Crippen LogP contribution in [0.2, 0.25) is 0 Å². The maximum Gasteiger partial charge on any atom is 0.247 e. The number of amides is 1. The molecule has 2 rings (SSSR count). The Morgan fingerprint density at radius 3 is 2.86 bits per heavy atom. The zero-order valence-corrected chi connectivity index (χ0v) is 8.25. The zero-order valence-electron chi connectivity index (χ0n) is 8.25. The highest BCUT2D eigenvalue weighted by Crippen LogP contribution is 2.11. The van der Waals surface area contributed by atoms with Crippen molar-refractivity contribution in [2.24, 2.45) is 0 Å². The van der Waals surface area contributed by atoms with Gasteiger partial charge >= 0.3 is 0 Å². The molecule has 76 valence electrons. The average Bonchev–Trinajstić information content (AvgIpc) is 2.72. The van der Waals surface area contributed by atoms with Crippen molar-refractivity contribution in [1.82, 2.24) is 10.6 Å². The summed E-state index contributed by atoms with van der Waals surface area (Å²) in [5.74, 6) is 0.125. The van der Waals surface area contributed by atoms with E-state index in [0.717, 1.165) is 37.9 Å². The minimum Gasteiger partial charge on any atom is -0.349 e. The van der Waals surface area contributed by atoms with Gasteiger partial charge in [-0.3, -0.25) is 4.79 Å². The molecular weight excluding hydrogens is 176 g/mol. The van der Waals surface area contributed by atoms with Gasteiger partial charge in [0.15, 0.2) is 0 Å². The lowest BCUT2D eigenvalue weighted by Crippen LogP contribution is -2.36. The van der Waals surface area contributed by atoms with Gasteiger partial charge in [-0.05, 0) is 25.8 Å². The molecule has 0 saturated carbocycles. The van der Waals surface area contributed by atoms with Gasteiger partial charge in [0.2, 0.25) is 5.91 Å². The van der Waals surface area contributed by atoms with E-state index in [1.165, 1.54) is 0 Å². The summed E-state index contributed by atoms with van der Waals surface area (Å²) in [5, 5.41) is 6.25. The van der Waals surface area contributed by atoms with Crippen molar-refractivity contribution in [2.45, 2.75) is 25.3 Å². The summed E-state index contributed by atoms with van der Waals surface area (Å²) in [7, 11) is 0. The molecule has 1 aliphatic heterocycles. The Morgan fingerprint density at radius 1 is 1.43 bits per heavy atom. The van der Waals surface area contributed by atoms with Crippen LogP contribution in [-0.2, 0) is 4.79 Å². The van der Waals surface area contributed by atoms with Crippen LogP contribution in [0.15, 0.2) is 23.8 Å². The van der Waals surface area contributed by atoms with E-state index in [0.29, 0.717) is 6.04 Å². The summed E-state index contributed by atoms with van der Waals surface area (Å²) in [6, 6.07) is 0.332. The Kier molecular flexibility index (Phi) is 2.99. The smallest absolute Gasteiger partial charge is 0.247 e. The van der Waals surface area contributed by atoms with Crippen molar-refractivity contribution in [2.75, 3.05) is 13.1 Å². The molecule has 1 amide bonds. The number of carbonyl (C=O) groups excluding carboxylic acids is 1. The van der Waals surface area contributed by atoms with Crippen LogP contribution < -0.4 is 10.6 Å². The Labute approximate surface area is 84.3 Å². The Morgan fingerprint density at radius 2 is 2.21 bits per heavy atom. The van der Waals surface area contributed by atoms with Crippen LogP contribution >= 0.6 is 0 Å². The molecular formula is C11H16N2O. The predicted molar refractivity (Wildman–Crippen MR) is 55.9 cm³/mol. The topological polar surface area (TPSA) is 41.1 Å².